The lowest BCUT2D eigenvalue weighted by atomic mass is 9.79. The number of hydrogen-bond donors (Lipinski definition) is 2. The normalized spacial score (nSPS) is 20.8. The molecule has 0 bridgehead atoms. The molecule has 0 amide bonds. The fourth-order valence-corrected chi connectivity index (χ4v) is 3.19. The fourth-order valence-electron chi connectivity index (χ4n) is 3.19. The lowest BCUT2D eigenvalue weighted by Gasteiger charge is -2.30. The Kier molecular flexibility index (Phi) is 3.25. The van der Waals surface area contributed by atoms with Crippen molar-refractivity contribution >= 4 is 16.6 Å². The maximum atomic E-state index is 12.4. The van der Waals surface area contributed by atoms with Gasteiger partial charge in [0.2, 0.25) is 0 Å². The molecule has 1 unspecified atom stereocenters. The van der Waals surface area contributed by atoms with Gasteiger partial charge in [0.15, 0.2) is 5.78 Å². The summed E-state index contributed by atoms with van der Waals surface area (Å²) in [5.41, 5.74) is 0.101. The molecule has 0 saturated heterocycles. The average Bonchev–Trinajstić information content (AvgIpc) is 2.43. The number of phenols is 1. The number of Topliss-reactive ketones (excluding diaryl/α,β-unsaturated/α-hetero) is 1. The van der Waals surface area contributed by atoms with Crippen LogP contribution in [0.4, 0.5) is 0 Å². The monoisotopic (exact) mass is 302 g/mol. The molecule has 2 N–H and O–H groups in total. The van der Waals surface area contributed by atoms with E-state index in [9.17, 15) is 15.0 Å². The van der Waals surface area contributed by atoms with Crippen molar-refractivity contribution < 1.29 is 24.5 Å². The zero-order valence-corrected chi connectivity index (χ0v) is 12.8. The van der Waals surface area contributed by atoms with Gasteiger partial charge in [0, 0.05) is 18.9 Å². The van der Waals surface area contributed by atoms with Crippen LogP contribution >= 0.6 is 0 Å². The van der Waals surface area contributed by atoms with Gasteiger partial charge >= 0.3 is 0 Å². The van der Waals surface area contributed by atoms with E-state index in [1.807, 2.05) is 0 Å². The molecule has 3 rings (SSSR count). The summed E-state index contributed by atoms with van der Waals surface area (Å²) in [5.74, 6) is 0.688. The first-order valence-corrected chi connectivity index (χ1v) is 7.02. The quantitative estimate of drug-likeness (QED) is 0.891. The SMILES string of the molecule is COc1cc(O)c2c(OC)c3c(cc2c1)CC(C)(O)CC3=O. The Labute approximate surface area is 128 Å². The predicted octanol–water partition coefficient (Wildman–Crippen LogP) is 2.44. The molecule has 22 heavy (non-hydrogen) atoms. The number of carbonyl (C=O) groups excluding carboxylic acids is 1. The molecule has 0 saturated carbocycles. The first-order chi connectivity index (χ1) is 10.4. The van der Waals surface area contributed by atoms with Crippen LogP contribution in [0, 0.1) is 0 Å². The Balaban J connectivity index is 2.38. The number of carbonyl (C=O) groups is 1. The molecule has 0 heterocycles. The molecule has 116 valence electrons. The number of methoxy groups -OCH3 is 2. The van der Waals surface area contributed by atoms with Crippen molar-refractivity contribution in [3.8, 4) is 17.2 Å². The van der Waals surface area contributed by atoms with E-state index in [4.69, 9.17) is 9.47 Å². The van der Waals surface area contributed by atoms with Crippen molar-refractivity contribution in [2.75, 3.05) is 14.2 Å². The van der Waals surface area contributed by atoms with Crippen LogP contribution in [0.15, 0.2) is 18.2 Å². The van der Waals surface area contributed by atoms with Gasteiger partial charge in [-0.05, 0) is 30.0 Å². The Morgan fingerprint density at radius 1 is 1.14 bits per heavy atom. The molecule has 1 atom stereocenters. The average molecular weight is 302 g/mol. The maximum Gasteiger partial charge on any atom is 0.169 e. The van der Waals surface area contributed by atoms with Gasteiger partial charge in [-0.2, -0.15) is 0 Å². The minimum absolute atomic E-state index is 0.000802. The number of benzene rings is 2. The smallest absolute Gasteiger partial charge is 0.169 e. The van der Waals surface area contributed by atoms with Crippen molar-refractivity contribution in [1.82, 2.24) is 0 Å². The zero-order valence-electron chi connectivity index (χ0n) is 12.8. The van der Waals surface area contributed by atoms with Crippen LogP contribution in [0.25, 0.3) is 10.8 Å². The third kappa shape index (κ3) is 2.18. The first-order valence-electron chi connectivity index (χ1n) is 7.02. The minimum atomic E-state index is -1.07. The third-order valence-electron chi connectivity index (χ3n) is 4.06. The van der Waals surface area contributed by atoms with E-state index in [-0.39, 0.29) is 18.0 Å². The van der Waals surface area contributed by atoms with Crippen LogP contribution in [0.2, 0.25) is 0 Å². The minimum Gasteiger partial charge on any atom is -0.507 e. The highest BCUT2D eigenvalue weighted by atomic mass is 16.5. The summed E-state index contributed by atoms with van der Waals surface area (Å²) in [6.45, 7) is 1.65. The van der Waals surface area contributed by atoms with Crippen LogP contribution < -0.4 is 9.47 Å². The molecule has 0 spiro atoms. The number of fused-ring (bicyclic) bond motifs is 2. The van der Waals surface area contributed by atoms with Crippen molar-refractivity contribution in [2.45, 2.75) is 25.4 Å². The van der Waals surface area contributed by atoms with E-state index in [0.717, 1.165) is 5.56 Å². The number of hydrogen-bond acceptors (Lipinski definition) is 5. The van der Waals surface area contributed by atoms with Gasteiger partial charge in [-0.15, -0.1) is 0 Å². The molecule has 1 aliphatic carbocycles. The molecule has 5 heteroatoms. The maximum absolute atomic E-state index is 12.4. The van der Waals surface area contributed by atoms with Gasteiger partial charge in [-0.25, -0.2) is 0 Å². The second-order valence-electron chi connectivity index (χ2n) is 5.96. The van der Waals surface area contributed by atoms with E-state index in [2.05, 4.69) is 0 Å². The van der Waals surface area contributed by atoms with E-state index < -0.39 is 5.60 Å². The summed E-state index contributed by atoms with van der Waals surface area (Å²) < 4.78 is 10.6. The summed E-state index contributed by atoms with van der Waals surface area (Å²) in [6.07, 6.45) is 0.400. The molecule has 0 aliphatic heterocycles. The van der Waals surface area contributed by atoms with Crippen LogP contribution in [0.5, 0.6) is 17.2 Å². The van der Waals surface area contributed by atoms with Crippen molar-refractivity contribution in [3.63, 3.8) is 0 Å². The first kappa shape index (κ1) is 14.7. The molecular formula is C17H18O5. The second-order valence-corrected chi connectivity index (χ2v) is 5.96. The van der Waals surface area contributed by atoms with Crippen molar-refractivity contribution in [1.29, 1.82) is 0 Å². The van der Waals surface area contributed by atoms with Gasteiger partial charge in [0.05, 0.1) is 30.8 Å². The highest BCUT2D eigenvalue weighted by Gasteiger charge is 2.36. The van der Waals surface area contributed by atoms with E-state index in [1.165, 1.54) is 20.3 Å². The fraction of sp³-hybridized carbons (Fsp3) is 0.353. The van der Waals surface area contributed by atoms with E-state index >= 15 is 0 Å². The molecular weight excluding hydrogens is 284 g/mol. The van der Waals surface area contributed by atoms with E-state index in [1.54, 1.807) is 19.1 Å². The lowest BCUT2D eigenvalue weighted by Crippen LogP contribution is -2.35. The standard InChI is InChI=1S/C17H18O5/c1-17(20)7-10-4-9-5-11(21-2)6-12(18)14(9)16(22-3)15(10)13(19)8-17/h4-6,18,20H,7-8H2,1-3H3. The van der Waals surface area contributed by atoms with Crippen LogP contribution in [0.3, 0.4) is 0 Å². The van der Waals surface area contributed by atoms with Crippen molar-refractivity contribution in [2.24, 2.45) is 0 Å². The number of ketones is 1. The molecule has 0 fully saturated rings. The Hall–Kier alpha value is -2.27. The highest BCUT2D eigenvalue weighted by molar-refractivity contribution is 6.09. The predicted molar refractivity (Wildman–Crippen MR) is 82.0 cm³/mol. The molecule has 1 aliphatic rings. The number of aliphatic hydroxyl groups is 1. The molecule has 5 nitrogen and oxygen atoms in total. The summed E-state index contributed by atoms with van der Waals surface area (Å²) >= 11 is 0. The number of rotatable bonds is 2. The molecule has 0 radical (unpaired) electrons. The highest BCUT2D eigenvalue weighted by Crippen LogP contribution is 2.44. The largest absolute Gasteiger partial charge is 0.507 e. The van der Waals surface area contributed by atoms with Crippen molar-refractivity contribution in [3.05, 3.63) is 29.3 Å². The summed E-state index contributed by atoms with van der Waals surface area (Å²) in [7, 11) is 2.99. The van der Waals surface area contributed by atoms with Crippen LogP contribution in [-0.2, 0) is 6.42 Å². The van der Waals surface area contributed by atoms with Crippen LogP contribution in [-0.4, -0.2) is 35.8 Å². The zero-order chi connectivity index (χ0) is 16.1. The second kappa shape index (κ2) is 4.88. The summed E-state index contributed by atoms with van der Waals surface area (Å²) in [4.78, 5) is 12.4. The number of aromatic hydroxyl groups is 1. The van der Waals surface area contributed by atoms with Gasteiger partial charge in [-0.1, -0.05) is 0 Å². The van der Waals surface area contributed by atoms with Gasteiger partial charge in [0.25, 0.3) is 0 Å². The molecule has 2 aromatic carbocycles. The Morgan fingerprint density at radius 3 is 2.50 bits per heavy atom. The Bertz CT molecular complexity index is 776. The summed E-state index contributed by atoms with van der Waals surface area (Å²) in [5, 5.41) is 21.7. The van der Waals surface area contributed by atoms with Crippen LogP contribution in [0.1, 0.15) is 29.3 Å². The van der Waals surface area contributed by atoms with E-state index in [0.29, 0.717) is 34.3 Å². The topological polar surface area (TPSA) is 76.0 Å². The lowest BCUT2D eigenvalue weighted by molar-refractivity contribution is 0.0409. The van der Waals surface area contributed by atoms with Gasteiger partial charge in [0.1, 0.15) is 17.2 Å². The number of phenolic OH excluding ortho intramolecular Hbond substituents is 1. The van der Waals surface area contributed by atoms with Gasteiger partial charge < -0.3 is 19.7 Å². The third-order valence-corrected chi connectivity index (χ3v) is 4.06. The molecule has 0 aromatic heterocycles. The summed E-state index contributed by atoms with van der Waals surface area (Å²) in [6, 6.07) is 5.06. The number of ether oxygens (including phenoxy) is 2. The van der Waals surface area contributed by atoms with Gasteiger partial charge in [-0.3, -0.25) is 4.79 Å². The Morgan fingerprint density at radius 2 is 1.86 bits per heavy atom. The molecule has 2 aromatic rings.